The molecule has 2 aliphatic rings. The van der Waals surface area contributed by atoms with Crippen LogP contribution in [0.2, 0.25) is 0 Å². The lowest BCUT2D eigenvalue weighted by Gasteiger charge is -2.27. The molecule has 0 saturated carbocycles. The first-order valence-corrected chi connectivity index (χ1v) is 15.5. The van der Waals surface area contributed by atoms with Crippen LogP contribution in [0.25, 0.3) is 56.2 Å². The van der Waals surface area contributed by atoms with Gasteiger partial charge in [0.25, 0.3) is 0 Å². The van der Waals surface area contributed by atoms with E-state index in [1.807, 2.05) is 0 Å². The summed E-state index contributed by atoms with van der Waals surface area (Å²) in [4.78, 5) is 0. The molecule has 0 atom stereocenters. The largest absolute Gasteiger partial charge is 0.0622 e. The lowest BCUT2D eigenvalue weighted by molar-refractivity contribution is 1.21. The van der Waals surface area contributed by atoms with Crippen molar-refractivity contribution in [1.82, 2.24) is 0 Å². The van der Waals surface area contributed by atoms with Gasteiger partial charge in [-0.15, -0.1) is 0 Å². The first-order chi connectivity index (χ1) is 21.8. The average molecular weight is 561 g/mol. The summed E-state index contributed by atoms with van der Waals surface area (Å²) in [7, 11) is 0. The summed E-state index contributed by atoms with van der Waals surface area (Å²) in [5, 5.41) is 0. The Balaban J connectivity index is 1.49. The summed E-state index contributed by atoms with van der Waals surface area (Å²) in [5.74, 6) is 0. The minimum Gasteiger partial charge on any atom is -0.0622 e. The van der Waals surface area contributed by atoms with E-state index in [1.54, 1.807) is 0 Å². The summed E-state index contributed by atoms with van der Waals surface area (Å²) in [6.45, 7) is 0. The molecule has 0 amide bonds. The van der Waals surface area contributed by atoms with Crippen LogP contribution in [0.4, 0.5) is 0 Å². The molecule has 0 unspecified atom stereocenters. The third-order valence-electron chi connectivity index (χ3n) is 8.92. The second-order valence-electron chi connectivity index (χ2n) is 11.6. The molecule has 44 heavy (non-hydrogen) atoms. The second kappa shape index (κ2) is 11.3. The van der Waals surface area contributed by atoms with Gasteiger partial charge in [-0.3, -0.25) is 0 Å². The highest BCUT2D eigenvalue weighted by molar-refractivity contribution is 6.09. The molecule has 0 nitrogen and oxygen atoms in total. The number of rotatable bonds is 5. The molecule has 8 rings (SSSR count). The van der Waals surface area contributed by atoms with E-state index < -0.39 is 0 Å². The van der Waals surface area contributed by atoms with Gasteiger partial charge in [-0.25, -0.2) is 0 Å². The van der Waals surface area contributed by atoms with Crippen molar-refractivity contribution in [3.05, 3.63) is 192 Å². The van der Waals surface area contributed by atoms with Crippen LogP contribution in [0, 0.1) is 0 Å². The quantitative estimate of drug-likeness (QED) is 0.196. The first kappa shape index (κ1) is 26.2. The van der Waals surface area contributed by atoms with E-state index in [1.165, 1.54) is 77.9 Å². The number of hydrogen-bond acceptors (Lipinski definition) is 0. The molecule has 0 aliphatic heterocycles. The topological polar surface area (TPSA) is 0 Å². The van der Waals surface area contributed by atoms with E-state index in [0.717, 1.165) is 12.8 Å². The SMILES string of the molecule is C1=CC(=Cc2ccccc2)CC(c2c3c(c(-c4ccccc4)c(-c4ccccc4)c2-c2ccccc2)-c2ccccc2C3)=C1. The maximum atomic E-state index is 2.35. The van der Waals surface area contributed by atoms with Crippen LogP contribution in [0.5, 0.6) is 0 Å². The van der Waals surface area contributed by atoms with Crippen molar-refractivity contribution in [2.45, 2.75) is 12.8 Å². The van der Waals surface area contributed by atoms with Gasteiger partial charge in [0.15, 0.2) is 0 Å². The zero-order chi connectivity index (χ0) is 29.3. The third kappa shape index (κ3) is 4.66. The number of fused-ring (bicyclic) bond motifs is 3. The molecular weight excluding hydrogens is 528 g/mol. The van der Waals surface area contributed by atoms with Crippen molar-refractivity contribution >= 4 is 11.6 Å². The molecule has 0 N–H and O–H groups in total. The smallest absolute Gasteiger partial charge is 0.000694 e. The first-order valence-electron chi connectivity index (χ1n) is 15.5. The highest BCUT2D eigenvalue weighted by Crippen LogP contribution is 2.55. The predicted molar refractivity (Wildman–Crippen MR) is 187 cm³/mol. The van der Waals surface area contributed by atoms with Crippen LogP contribution in [0.3, 0.4) is 0 Å². The molecule has 0 radical (unpaired) electrons. The molecule has 0 saturated heterocycles. The Labute approximate surface area is 260 Å². The van der Waals surface area contributed by atoms with Crippen molar-refractivity contribution in [2.24, 2.45) is 0 Å². The molecule has 0 heteroatoms. The van der Waals surface area contributed by atoms with E-state index >= 15 is 0 Å². The zero-order valence-corrected chi connectivity index (χ0v) is 24.6. The van der Waals surface area contributed by atoms with Gasteiger partial charge in [-0.1, -0.05) is 170 Å². The molecule has 2 aliphatic carbocycles. The van der Waals surface area contributed by atoms with Gasteiger partial charge in [-0.2, -0.15) is 0 Å². The fraction of sp³-hybridized carbons (Fsp3) is 0.0455. The maximum Gasteiger partial charge on any atom is -0.000694 e. The van der Waals surface area contributed by atoms with Crippen LogP contribution in [0.1, 0.15) is 28.7 Å². The molecule has 208 valence electrons. The lowest BCUT2D eigenvalue weighted by atomic mass is 9.75. The van der Waals surface area contributed by atoms with Gasteiger partial charge in [0.2, 0.25) is 0 Å². The van der Waals surface area contributed by atoms with Crippen LogP contribution in [-0.2, 0) is 6.42 Å². The van der Waals surface area contributed by atoms with Gasteiger partial charge in [0.1, 0.15) is 0 Å². The highest BCUT2D eigenvalue weighted by atomic mass is 14.4. The van der Waals surface area contributed by atoms with Crippen LogP contribution in [0.15, 0.2) is 169 Å². The van der Waals surface area contributed by atoms with E-state index in [-0.39, 0.29) is 0 Å². The fourth-order valence-electron chi connectivity index (χ4n) is 7.08. The van der Waals surface area contributed by atoms with Gasteiger partial charge in [-0.05, 0) is 90.7 Å². The number of benzene rings is 6. The monoisotopic (exact) mass is 560 g/mol. The molecule has 0 heterocycles. The third-order valence-corrected chi connectivity index (χ3v) is 8.92. The lowest BCUT2D eigenvalue weighted by Crippen LogP contribution is -2.04. The Hall–Kier alpha value is -5.46. The highest BCUT2D eigenvalue weighted by Gasteiger charge is 2.32. The summed E-state index contributed by atoms with van der Waals surface area (Å²) in [6.07, 6.45) is 11.0. The molecule has 0 bridgehead atoms. The van der Waals surface area contributed by atoms with Crippen molar-refractivity contribution in [3.8, 4) is 44.5 Å². The van der Waals surface area contributed by atoms with E-state index in [2.05, 4.69) is 170 Å². The minimum absolute atomic E-state index is 0.882. The number of allylic oxidation sites excluding steroid dienone is 5. The number of hydrogen-bond donors (Lipinski definition) is 0. The average Bonchev–Trinajstić information content (AvgIpc) is 3.48. The Morgan fingerprint density at radius 2 is 0.932 bits per heavy atom. The molecule has 0 fully saturated rings. The molecular formula is C44H32. The van der Waals surface area contributed by atoms with Crippen LogP contribution in [-0.4, -0.2) is 0 Å². The zero-order valence-electron chi connectivity index (χ0n) is 24.6. The Kier molecular flexibility index (Phi) is 6.74. The van der Waals surface area contributed by atoms with Gasteiger partial charge in [0, 0.05) is 0 Å². The predicted octanol–water partition coefficient (Wildman–Crippen LogP) is 11.7. The van der Waals surface area contributed by atoms with Crippen LogP contribution < -0.4 is 0 Å². The van der Waals surface area contributed by atoms with Crippen LogP contribution >= 0.6 is 0 Å². The maximum absolute atomic E-state index is 2.35. The van der Waals surface area contributed by atoms with E-state index in [4.69, 9.17) is 0 Å². The Morgan fingerprint density at radius 3 is 1.55 bits per heavy atom. The van der Waals surface area contributed by atoms with E-state index in [0.29, 0.717) is 0 Å². The van der Waals surface area contributed by atoms with Crippen molar-refractivity contribution in [1.29, 1.82) is 0 Å². The van der Waals surface area contributed by atoms with Crippen molar-refractivity contribution in [2.75, 3.05) is 0 Å². The molecule has 6 aromatic rings. The summed E-state index contributed by atoms with van der Waals surface area (Å²) in [5.41, 5.74) is 18.6. The Bertz CT molecular complexity index is 2060. The Morgan fingerprint density at radius 1 is 0.432 bits per heavy atom. The van der Waals surface area contributed by atoms with Crippen molar-refractivity contribution < 1.29 is 0 Å². The standard InChI is InChI=1S/C44H32/c1-5-16-31(17-6-1)28-32-18-15-26-37(29-32)40-39-30-36-25-13-14-27-38(36)44(39)43(35-23-11-4-12-24-35)42(34-21-9-3-10-22-34)41(40)33-19-7-2-8-20-33/h1-28H,29-30H2. The normalized spacial score (nSPS) is 14.3. The van der Waals surface area contributed by atoms with E-state index in [9.17, 15) is 0 Å². The molecule has 6 aromatic carbocycles. The van der Waals surface area contributed by atoms with Gasteiger partial charge in [0.05, 0.1) is 0 Å². The molecule has 0 aromatic heterocycles. The summed E-state index contributed by atoms with van der Waals surface area (Å²) in [6, 6.07) is 52.8. The summed E-state index contributed by atoms with van der Waals surface area (Å²) < 4.78 is 0. The minimum atomic E-state index is 0.882. The molecule has 0 spiro atoms. The second-order valence-corrected chi connectivity index (χ2v) is 11.6. The van der Waals surface area contributed by atoms with Gasteiger partial charge >= 0.3 is 0 Å². The van der Waals surface area contributed by atoms with Crippen molar-refractivity contribution in [3.63, 3.8) is 0 Å². The summed E-state index contributed by atoms with van der Waals surface area (Å²) >= 11 is 0. The van der Waals surface area contributed by atoms with Gasteiger partial charge < -0.3 is 0 Å². The fourth-order valence-corrected chi connectivity index (χ4v) is 7.08.